The van der Waals surface area contributed by atoms with E-state index in [1.54, 1.807) is 7.11 Å². The van der Waals surface area contributed by atoms with Crippen molar-refractivity contribution in [2.24, 2.45) is 0 Å². The molecular formula is C15H22N2O4. The number of hydrogen-bond donors (Lipinski definition) is 2. The molecule has 1 unspecified atom stereocenters. The standard InChI is InChI=1S/C15H22N2O4/c1-10(12-6-5-7-13(8-12)20-3)16-9-14(15(19)21-4)17-11(2)18/h5-8,10,14,16H,9H2,1-4H3,(H,17,18)/t10-,14?/m0/s1. The topological polar surface area (TPSA) is 76.7 Å². The molecule has 0 saturated heterocycles. The molecule has 21 heavy (non-hydrogen) atoms. The first-order valence-corrected chi connectivity index (χ1v) is 6.70. The van der Waals surface area contributed by atoms with Crippen LogP contribution in [0.15, 0.2) is 24.3 Å². The van der Waals surface area contributed by atoms with E-state index in [-0.39, 0.29) is 18.5 Å². The van der Waals surface area contributed by atoms with Crippen LogP contribution in [0.4, 0.5) is 0 Å². The molecule has 0 radical (unpaired) electrons. The Morgan fingerprint density at radius 3 is 2.57 bits per heavy atom. The molecule has 1 aromatic carbocycles. The van der Waals surface area contributed by atoms with Crippen molar-refractivity contribution in [3.05, 3.63) is 29.8 Å². The number of rotatable bonds is 7. The molecule has 0 aliphatic heterocycles. The summed E-state index contributed by atoms with van der Waals surface area (Å²) in [6.07, 6.45) is 0. The number of benzene rings is 1. The van der Waals surface area contributed by atoms with E-state index in [2.05, 4.69) is 15.4 Å². The minimum Gasteiger partial charge on any atom is -0.497 e. The van der Waals surface area contributed by atoms with E-state index in [1.807, 2.05) is 31.2 Å². The third kappa shape index (κ3) is 5.43. The van der Waals surface area contributed by atoms with Crippen LogP contribution in [-0.4, -0.2) is 38.7 Å². The quantitative estimate of drug-likeness (QED) is 0.734. The number of carbonyl (C=O) groups is 2. The summed E-state index contributed by atoms with van der Waals surface area (Å²) in [5, 5.41) is 5.76. The Kier molecular flexibility index (Phi) is 6.68. The third-order valence-electron chi connectivity index (χ3n) is 3.09. The molecule has 0 fully saturated rings. The van der Waals surface area contributed by atoms with Crippen molar-refractivity contribution in [1.29, 1.82) is 0 Å². The molecule has 0 aliphatic carbocycles. The van der Waals surface area contributed by atoms with Gasteiger partial charge in [0.15, 0.2) is 0 Å². The van der Waals surface area contributed by atoms with E-state index in [1.165, 1.54) is 14.0 Å². The Morgan fingerprint density at radius 2 is 2.00 bits per heavy atom. The lowest BCUT2D eigenvalue weighted by Gasteiger charge is -2.20. The summed E-state index contributed by atoms with van der Waals surface area (Å²) in [4.78, 5) is 22.7. The zero-order chi connectivity index (χ0) is 15.8. The van der Waals surface area contributed by atoms with Crippen molar-refractivity contribution in [3.63, 3.8) is 0 Å². The van der Waals surface area contributed by atoms with Gasteiger partial charge in [-0.2, -0.15) is 0 Å². The predicted octanol–water partition coefficient (Wildman–Crippen LogP) is 1.02. The molecule has 6 heteroatoms. The normalized spacial score (nSPS) is 13.1. The maximum absolute atomic E-state index is 11.6. The number of carbonyl (C=O) groups excluding carboxylic acids is 2. The van der Waals surface area contributed by atoms with Crippen LogP contribution < -0.4 is 15.4 Å². The first-order chi connectivity index (χ1) is 9.97. The van der Waals surface area contributed by atoms with Crippen LogP contribution in [0.3, 0.4) is 0 Å². The van der Waals surface area contributed by atoms with Gasteiger partial charge < -0.3 is 20.1 Å². The maximum atomic E-state index is 11.6. The summed E-state index contributed by atoms with van der Waals surface area (Å²) in [6, 6.07) is 6.94. The van der Waals surface area contributed by atoms with Crippen LogP contribution in [-0.2, 0) is 14.3 Å². The van der Waals surface area contributed by atoms with Gasteiger partial charge in [-0.1, -0.05) is 12.1 Å². The highest BCUT2D eigenvalue weighted by atomic mass is 16.5. The molecule has 0 spiro atoms. The van der Waals surface area contributed by atoms with Crippen molar-refractivity contribution in [3.8, 4) is 5.75 Å². The molecule has 6 nitrogen and oxygen atoms in total. The summed E-state index contributed by atoms with van der Waals surface area (Å²) in [5.74, 6) is 0.0179. The highest BCUT2D eigenvalue weighted by molar-refractivity contribution is 5.83. The molecule has 2 N–H and O–H groups in total. The van der Waals surface area contributed by atoms with Gasteiger partial charge in [0.1, 0.15) is 11.8 Å². The molecule has 2 atom stereocenters. The molecular weight excluding hydrogens is 272 g/mol. The number of amides is 1. The average molecular weight is 294 g/mol. The van der Waals surface area contributed by atoms with Gasteiger partial charge in [0.25, 0.3) is 0 Å². The summed E-state index contributed by atoms with van der Waals surface area (Å²) >= 11 is 0. The Hall–Kier alpha value is -2.08. The molecule has 1 amide bonds. The second kappa shape index (κ2) is 8.26. The zero-order valence-corrected chi connectivity index (χ0v) is 12.8. The fourth-order valence-electron chi connectivity index (χ4n) is 1.90. The van der Waals surface area contributed by atoms with E-state index in [0.717, 1.165) is 11.3 Å². The van der Waals surface area contributed by atoms with Crippen LogP contribution in [0.5, 0.6) is 5.75 Å². The van der Waals surface area contributed by atoms with Gasteiger partial charge in [-0.3, -0.25) is 4.79 Å². The highest BCUT2D eigenvalue weighted by Gasteiger charge is 2.20. The van der Waals surface area contributed by atoms with E-state index in [0.29, 0.717) is 0 Å². The molecule has 0 aliphatic rings. The van der Waals surface area contributed by atoms with Gasteiger partial charge in [0.2, 0.25) is 5.91 Å². The van der Waals surface area contributed by atoms with Crippen LogP contribution in [0, 0.1) is 0 Å². The van der Waals surface area contributed by atoms with Crippen LogP contribution >= 0.6 is 0 Å². The maximum Gasteiger partial charge on any atom is 0.329 e. The fraction of sp³-hybridized carbons (Fsp3) is 0.467. The van der Waals surface area contributed by atoms with E-state index < -0.39 is 12.0 Å². The second-order valence-electron chi connectivity index (χ2n) is 4.68. The van der Waals surface area contributed by atoms with Crippen molar-refractivity contribution in [2.75, 3.05) is 20.8 Å². The zero-order valence-electron chi connectivity index (χ0n) is 12.8. The van der Waals surface area contributed by atoms with Crippen LogP contribution in [0.2, 0.25) is 0 Å². The number of hydrogen-bond acceptors (Lipinski definition) is 5. The Morgan fingerprint density at radius 1 is 1.29 bits per heavy atom. The van der Waals surface area contributed by atoms with Crippen LogP contribution in [0.25, 0.3) is 0 Å². The monoisotopic (exact) mass is 294 g/mol. The van der Waals surface area contributed by atoms with Gasteiger partial charge >= 0.3 is 5.97 Å². The van der Waals surface area contributed by atoms with Gasteiger partial charge in [0, 0.05) is 19.5 Å². The van der Waals surface area contributed by atoms with Crippen molar-refractivity contribution < 1.29 is 19.1 Å². The van der Waals surface area contributed by atoms with E-state index in [9.17, 15) is 9.59 Å². The first-order valence-electron chi connectivity index (χ1n) is 6.70. The van der Waals surface area contributed by atoms with Crippen LogP contribution in [0.1, 0.15) is 25.5 Å². The van der Waals surface area contributed by atoms with E-state index in [4.69, 9.17) is 4.74 Å². The summed E-state index contributed by atoms with van der Waals surface area (Å²) in [6.45, 7) is 3.61. The molecule has 0 heterocycles. The summed E-state index contributed by atoms with van der Waals surface area (Å²) in [5.41, 5.74) is 1.03. The fourth-order valence-corrected chi connectivity index (χ4v) is 1.90. The van der Waals surface area contributed by atoms with Crippen molar-refractivity contribution in [1.82, 2.24) is 10.6 Å². The Labute approximate surface area is 124 Å². The number of esters is 1. The SMILES string of the molecule is COC(=O)C(CN[C@@H](C)c1cccc(OC)c1)NC(C)=O. The largest absolute Gasteiger partial charge is 0.497 e. The molecule has 116 valence electrons. The van der Waals surface area contributed by atoms with Crippen molar-refractivity contribution >= 4 is 11.9 Å². The number of ether oxygens (including phenoxy) is 2. The van der Waals surface area contributed by atoms with Crippen molar-refractivity contribution in [2.45, 2.75) is 25.9 Å². The Bertz CT molecular complexity index is 490. The number of nitrogens with one attached hydrogen (secondary N) is 2. The van der Waals surface area contributed by atoms with Gasteiger partial charge in [-0.15, -0.1) is 0 Å². The lowest BCUT2D eigenvalue weighted by molar-refractivity contribution is -0.144. The minimum atomic E-state index is -0.708. The first kappa shape index (κ1) is 17.0. The second-order valence-corrected chi connectivity index (χ2v) is 4.68. The molecule has 1 rings (SSSR count). The van der Waals surface area contributed by atoms with Gasteiger partial charge in [-0.25, -0.2) is 4.79 Å². The lowest BCUT2D eigenvalue weighted by atomic mass is 10.1. The van der Waals surface area contributed by atoms with Gasteiger partial charge in [0.05, 0.1) is 14.2 Å². The number of methoxy groups -OCH3 is 2. The minimum absolute atomic E-state index is 0.000939. The molecule has 1 aromatic rings. The summed E-state index contributed by atoms with van der Waals surface area (Å²) < 4.78 is 9.85. The lowest BCUT2D eigenvalue weighted by Crippen LogP contribution is -2.47. The van der Waals surface area contributed by atoms with E-state index >= 15 is 0 Å². The molecule has 0 saturated carbocycles. The third-order valence-corrected chi connectivity index (χ3v) is 3.09. The molecule has 0 aromatic heterocycles. The Balaban J connectivity index is 2.65. The summed E-state index contributed by atoms with van der Waals surface area (Å²) in [7, 11) is 2.91. The highest BCUT2D eigenvalue weighted by Crippen LogP contribution is 2.18. The smallest absolute Gasteiger partial charge is 0.329 e. The predicted molar refractivity (Wildman–Crippen MR) is 79.0 cm³/mol. The van der Waals surface area contributed by atoms with Gasteiger partial charge in [-0.05, 0) is 24.6 Å². The molecule has 0 bridgehead atoms. The average Bonchev–Trinajstić information content (AvgIpc) is 2.49.